The molecule has 8 atom stereocenters. The molecular formula is C30H43NO8. The van der Waals surface area contributed by atoms with Gasteiger partial charge in [-0.3, -0.25) is 19.2 Å². The molecule has 5 rings (SSSR count). The molecule has 1 heterocycles. The number of aliphatic hydroxyl groups is 2. The standard InChI is InChI=1S/C30H43NO8/c1-28-11-9-19(32)14-18(28)5-6-21-22-10-12-30(37,29(22,2)15-23(33)27(21)28)24(34)17-39-26(36)8-7-25(35)31-16-20-4-3-13-38-20/h14,20-23,27,33,37H,3-13,15-17H2,1-2H3,(H,31,35)/t20-,21+,22+,23+,27-,28+,29+,30+/m1/s1. The van der Waals surface area contributed by atoms with Crippen molar-refractivity contribution in [3.8, 4) is 0 Å². The van der Waals surface area contributed by atoms with Crippen LogP contribution in [0.2, 0.25) is 0 Å². The summed E-state index contributed by atoms with van der Waals surface area (Å²) >= 11 is 0. The van der Waals surface area contributed by atoms with Gasteiger partial charge < -0.3 is 25.0 Å². The van der Waals surface area contributed by atoms with Crippen LogP contribution in [0.3, 0.4) is 0 Å². The minimum Gasteiger partial charge on any atom is -0.458 e. The summed E-state index contributed by atoms with van der Waals surface area (Å²) in [5.41, 5.74) is -1.63. The lowest BCUT2D eigenvalue weighted by atomic mass is 9.45. The lowest BCUT2D eigenvalue weighted by molar-refractivity contribution is -0.184. The second kappa shape index (κ2) is 10.7. The van der Waals surface area contributed by atoms with E-state index in [1.165, 1.54) is 0 Å². The molecule has 9 nitrogen and oxygen atoms in total. The number of esters is 1. The molecule has 9 heteroatoms. The van der Waals surface area contributed by atoms with Crippen molar-refractivity contribution >= 4 is 23.4 Å². The minimum absolute atomic E-state index is 0.00895. The van der Waals surface area contributed by atoms with E-state index in [2.05, 4.69) is 12.2 Å². The van der Waals surface area contributed by atoms with Crippen LogP contribution in [0.5, 0.6) is 0 Å². The summed E-state index contributed by atoms with van der Waals surface area (Å²) in [5, 5.41) is 26.0. The van der Waals surface area contributed by atoms with E-state index in [0.717, 1.165) is 37.7 Å². The van der Waals surface area contributed by atoms with E-state index < -0.39 is 35.5 Å². The number of hydrogen-bond acceptors (Lipinski definition) is 8. The molecule has 0 aromatic carbocycles. The molecule has 0 aromatic heterocycles. The van der Waals surface area contributed by atoms with Crippen LogP contribution in [0.25, 0.3) is 0 Å². The number of allylic oxidation sites excluding steroid dienone is 1. The summed E-state index contributed by atoms with van der Waals surface area (Å²) in [6.07, 6.45) is 6.86. The molecule has 3 N–H and O–H groups in total. The molecule has 5 aliphatic rings. The maximum atomic E-state index is 13.4. The third kappa shape index (κ3) is 4.99. The van der Waals surface area contributed by atoms with E-state index in [1.807, 2.05) is 6.92 Å². The molecule has 39 heavy (non-hydrogen) atoms. The average molecular weight is 546 g/mol. The Kier molecular flexibility index (Phi) is 7.81. The molecule has 0 aromatic rings. The van der Waals surface area contributed by atoms with Gasteiger partial charge in [0, 0.05) is 31.4 Å². The van der Waals surface area contributed by atoms with Crippen LogP contribution in [0.4, 0.5) is 0 Å². The van der Waals surface area contributed by atoms with Gasteiger partial charge in [-0.2, -0.15) is 0 Å². The number of aliphatic hydroxyl groups excluding tert-OH is 1. The maximum Gasteiger partial charge on any atom is 0.306 e. The van der Waals surface area contributed by atoms with Crippen LogP contribution >= 0.6 is 0 Å². The number of hydrogen-bond donors (Lipinski definition) is 3. The topological polar surface area (TPSA) is 139 Å². The number of carbonyl (C=O) groups is 4. The number of amides is 1. The summed E-state index contributed by atoms with van der Waals surface area (Å²) in [5.74, 6) is -1.12. The zero-order chi connectivity index (χ0) is 28.0. The Morgan fingerprint density at radius 1 is 1.13 bits per heavy atom. The van der Waals surface area contributed by atoms with Crippen molar-refractivity contribution in [3.05, 3.63) is 11.6 Å². The van der Waals surface area contributed by atoms with Crippen molar-refractivity contribution in [2.24, 2.45) is 28.6 Å². The van der Waals surface area contributed by atoms with Crippen molar-refractivity contribution < 1.29 is 38.9 Å². The highest BCUT2D eigenvalue weighted by Gasteiger charge is 2.68. The van der Waals surface area contributed by atoms with Gasteiger partial charge in [-0.25, -0.2) is 0 Å². The first-order valence-electron chi connectivity index (χ1n) is 14.7. The van der Waals surface area contributed by atoms with E-state index in [0.29, 0.717) is 26.0 Å². The SMILES string of the molecule is C[C@]12CCC(=O)C=C1CC[C@@H]1[C@@H]2[C@@H](O)C[C@@]2(C)[C@H]1CC[C@]2(O)C(=O)COC(=O)CCC(=O)NC[C@H]1CCCO1. The highest BCUT2D eigenvalue weighted by atomic mass is 16.5. The Morgan fingerprint density at radius 3 is 2.67 bits per heavy atom. The fourth-order valence-electron chi connectivity index (χ4n) is 8.82. The average Bonchev–Trinajstić information content (AvgIpc) is 3.51. The summed E-state index contributed by atoms with van der Waals surface area (Å²) in [6.45, 7) is 4.64. The Hall–Kier alpha value is -2.10. The van der Waals surface area contributed by atoms with Crippen molar-refractivity contribution in [3.63, 3.8) is 0 Å². The number of carbonyl (C=O) groups excluding carboxylic acids is 4. The predicted octanol–water partition coefficient (Wildman–Crippen LogP) is 2.41. The van der Waals surface area contributed by atoms with Gasteiger partial charge in [0.1, 0.15) is 5.60 Å². The smallest absolute Gasteiger partial charge is 0.306 e. The second-order valence-corrected chi connectivity index (χ2v) is 13.0. The summed E-state index contributed by atoms with van der Waals surface area (Å²) in [4.78, 5) is 49.8. The number of ketones is 2. The lowest BCUT2D eigenvalue weighted by Gasteiger charge is -2.60. The van der Waals surface area contributed by atoms with Gasteiger partial charge in [0.05, 0.1) is 18.6 Å². The molecule has 1 aliphatic heterocycles. The molecule has 4 aliphatic carbocycles. The highest BCUT2D eigenvalue weighted by Crippen LogP contribution is 2.67. The fraction of sp³-hybridized carbons (Fsp3) is 0.800. The van der Waals surface area contributed by atoms with Gasteiger partial charge in [-0.1, -0.05) is 19.4 Å². The first kappa shape index (κ1) is 28.4. The van der Waals surface area contributed by atoms with Crippen LogP contribution in [0, 0.1) is 28.6 Å². The van der Waals surface area contributed by atoms with E-state index in [-0.39, 0.29) is 66.6 Å². The largest absolute Gasteiger partial charge is 0.458 e. The van der Waals surface area contributed by atoms with Crippen LogP contribution in [-0.2, 0) is 28.7 Å². The summed E-state index contributed by atoms with van der Waals surface area (Å²) in [7, 11) is 0. The van der Waals surface area contributed by atoms with Crippen LogP contribution in [0.15, 0.2) is 11.6 Å². The molecule has 1 saturated heterocycles. The molecule has 0 unspecified atom stereocenters. The van der Waals surface area contributed by atoms with Crippen LogP contribution in [0.1, 0.15) is 84.5 Å². The summed E-state index contributed by atoms with van der Waals surface area (Å²) < 4.78 is 10.7. The second-order valence-electron chi connectivity index (χ2n) is 13.0. The maximum absolute atomic E-state index is 13.4. The normalized spacial score (nSPS) is 41.2. The highest BCUT2D eigenvalue weighted by molar-refractivity contribution is 5.92. The number of fused-ring (bicyclic) bond motifs is 5. The third-order valence-electron chi connectivity index (χ3n) is 11.0. The van der Waals surface area contributed by atoms with E-state index >= 15 is 0 Å². The predicted molar refractivity (Wildman–Crippen MR) is 140 cm³/mol. The third-order valence-corrected chi connectivity index (χ3v) is 11.0. The zero-order valence-electron chi connectivity index (χ0n) is 23.2. The van der Waals surface area contributed by atoms with Gasteiger partial charge in [0.2, 0.25) is 11.7 Å². The fourth-order valence-corrected chi connectivity index (χ4v) is 8.82. The van der Waals surface area contributed by atoms with E-state index in [1.54, 1.807) is 6.08 Å². The number of Topliss-reactive ketones (excluding diaryl/α,β-unsaturated/α-hetero) is 1. The Balaban J connectivity index is 1.18. The Labute approximate surface area is 230 Å². The Morgan fingerprint density at radius 2 is 1.92 bits per heavy atom. The lowest BCUT2D eigenvalue weighted by Crippen LogP contribution is -2.62. The first-order chi connectivity index (χ1) is 18.5. The molecule has 0 spiro atoms. The summed E-state index contributed by atoms with van der Waals surface area (Å²) in [6, 6.07) is 0. The number of ether oxygens (including phenoxy) is 2. The van der Waals surface area contributed by atoms with E-state index in [4.69, 9.17) is 9.47 Å². The van der Waals surface area contributed by atoms with Crippen molar-refractivity contribution in [2.75, 3.05) is 19.8 Å². The van der Waals surface area contributed by atoms with Crippen molar-refractivity contribution in [1.29, 1.82) is 0 Å². The van der Waals surface area contributed by atoms with Gasteiger partial charge in [0.25, 0.3) is 0 Å². The monoisotopic (exact) mass is 545 g/mol. The quantitative estimate of drug-likeness (QED) is 0.395. The van der Waals surface area contributed by atoms with Gasteiger partial charge in [-0.15, -0.1) is 0 Å². The Bertz CT molecular complexity index is 1050. The number of nitrogens with one attached hydrogen (secondary N) is 1. The molecule has 0 bridgehead atoms. The molecule has 1 amide bonds. The molecule has 4 fully saturated rings. The van der Waals surface area contributed by atoms with Gasteiger partial charge >= 0.3 is 5.97 Å². The zero-order valence-corrected chi connectivity index (χ0v) is 23.2. The van der Waals surface area contributed by atoms with Crippen LogP contribution < -0.4 is 5.32 Å². The van der Waals surface area contributed by atoms with Crippen molar-refractivity contribution in [2.45, 2.75) is 102 Å². The van der Waals surface area contributed by atoms with Gasteiger partial charge in [0.15, 0.2) is 12.4 Å². The molecular weight excluding hydrogens is 502 g/mol. The van der Waals surface area contributed by atoms with Crippen LogP contribution in [-0.4, -0.2) is 71.2 Å². The molecule has 0 radical (unpaired) electrons. The minimum atomic E-state index is -1.69. The van der Waals surface area contributed by atoms with Crippen molar-refractivity contribution in [1.82, 2.24) is 5.32 Å². The molecule has 216 valence electrons. The molecule has 3 saturated carbocycles. The van der Waals surface area contributed by atoms with E-state index in [9.17, 15) is 29.4 Å². The first-order valence-corrected chi connectivity index (χ1v) is 14.7. The number of rotatable bonds is 8. The van der Waals surface area contributed by atoms with Gasteiger partial charge in [-0.05, 0) is 80.6 Å².